The molecule has 0 aliphatic rings. The minimum absolute atomic E-state index is 0.129. The number of hydrogen-bond donors (Lipinski definition) is 0. The molecule has 0 fully saturated rings. The van der Waals surface area contributed by atoms with Crippen molar-refractivity contribution in [2.24, 2.45) is 5.92 Å². The highest BCUT2D eigenvalue weighted by atomic mass is 16.1. The second-order valence-electron chi connectivity index (χ2n) is 5.62. The molecule has 0 aliphatic carbocycles. The Kier molecular flexibility index (Phi) is 6.07. The summed E-state index contributed by atoms with van der Waals surface area (Å²) < 4.78 is 0. The van der Waals surface area contributed by atoms with Crippen LogP contribution >= 0.6 is 0 Å². The Morgan fingerprint density at radius 3 is 2.00 bits per heavy atom. The smallest absolute Gasteiger partial charge is 0.159 e. The molecule has 0 aliphatic heterocycles. The van der Waals surface area contributed by atoms with Crippen LogP contribution in [-0.4, -0.2) is 18.4 Å². The Morgan fingerprint density at radius 2 is 1.63 bits per heavy atom. The summed E-state index contributed by atoms with van der Waals surface area (Å²) in [5, 5.41) is 0. The number of benzene rings is 1. The lowest BCUT2D eigenvalue weighted by Crippen LogP contribution is -2.37. The zero-order chi connectivity index (χ0) is 14.4. The van der Waals surface area contributed by atoms with Crippen molar-refractivity contribution in [1.82, 2.24) is 0 Å². The van der Waals surface area contributed by atoms with Crippen molar-refractivity contribution in [2.45, 2.75) is 53.5 Å². The van der Waals surface area contributed by atoms with Gasteiger partial charge in [-0.25, -0.2) is 0 Å². The molecule has 1 aromatic carbocycles. The normalized spacial score (nSPS) is 11.1. The van der Waals surface area contributed by atoms with E-state index in [0.717, 1.165) is 24.9 Å². The summed E-state index contributed by atoms with van der Waals surface area (Å²) in [7, 11) is 0. The van der Waals surface area contributed by atoms with E-state index in [2.05, 4.69) is 44.7 Å². The lowest BCUT2D eigenvalue weighted by atomic mass is 10.0. The number of hydrogen-bond acceptors (Lipinski definition) is 2. The molecule has 0 saturated heterocycles. The van der Waals surface area contributed by atoms with Crippen LogP contribution in [-0.2, 0) is 0 Å². The van der Waals surface area contributed by atoms with Crippen LogP contribution in [0.25, 0.3) is 0 Å². The zero-order valence-corrected chi connectivity index (χ0v) is 12.9. The van der Waals surface area contributed by atoms with Gasteiger partial charge < -0.3 is 4.90 Å². The number of rotatable bonds is 7. The molecule has 0 amide bonds. The molecule has 2 nitrogen and oxygen atoms in total. The maximum atomic E-state index is 11.3. The van der Waals surface area contributed by atoms with Gasteiger partial charge in [-0.2, -0.15) is 0 Å². The van der Waals surface area contributed by atoms with Gasteiger partial charge in [0.05, 0.1) is 0 Å². The van der Waals surface area contributed by atoms with Crippen LogP contribution in [0.1, 0.15) is 57.8 Å². The maximum Gasteiger partial charge on any atom is 0.159 e. The lowest BCUT2D eigenvalue weighted by molar-refractivity contribution is 0.101. The molecule has 0 spiro atoms. The molecule has 0 N–H and O–H groups in total. The predicted molar refractivity (Wildman–Crippen MR) is 83.0 cm³/mol. The molecule has 0 radical (unpaired) electrons. The number of carbonyl (C=O) groups is 1. The van der Waals surface area contributed by atoms with Crippen molar-refractivity contribution < 1.29 is 4.79 Å². The van der Waals surface area contributed by atoms with Crippen molar-refractivity contribution in [3.8, 4) is 0 Å². The van der Waals surface area contributed by atoms with E-state index in [1.807, 2.05) is 12.1 Å². The van der Waals surface area contributed by atoms with E-state index in [-0.39, 0.29) is 5.78 Å². The zero-order valence-electron chi connectivity index (χ0n) is 12.9. The molecule has 0 heterocycles. The van der Waals surface area contributed by atoms with Gasteiger partial charge in [0, 0.05) is 23.8 Å². The van der Waals surface area contributed by atoms with Crippen LogP contribution in [0.4, 0.5) is 5.69 Å². The van der Waals surface area contributed by atoms with Gasteiger partial charge >= 0.3 is 0 Å². The van der Waals surface area contributed by atoms with Gasteiger partial charge in [0.25, 0.3) is 0 Å². The number of anilines is 1. The minimum Gasteiger partial charge on any atom is -0.368 e. The van der Waals surface area contributed by atoms with Crippen molar-refractivity contribution >= 4 is 11.5 Å². The fourth-order valence-corrected chi connectivity index (χ4v) is 2.48. The van der Waals surface area contributed by atoms with Gasteiger partial charge in [-0.3, -0.25) is 4.79 Å². The average molecular weight is 261 g/mol. The Labute approximate surface area is 117 Å². The van der Waals surface area contributed by atoms with Crippen LogP contribution in [0.2, 0.25) is 0 Å². The van der Waals surface area contributed by atoms with Gasteiger partial charge in [-0.1, -0.05) is 27.7 Å². The van der Waals surface area contributed by atoms with E-state index in [1.165, 1.54) is 5.69 Å². The Hall–Kier alpha value is -1.31. The molecule has 1 rings (SSSR count). The number of nitrogens with zero attached hydrogens (tertiary/aromatic N) is 1. The first kappa shape index (κ1) is 15.7. The number of ketones is 1. The predicted octanol–water partition coefficient (Wildman–Crippen LogP) is 4.54. The second-order valence-corrected chi connectivity index (χ2v) is 5.62. The average Bonchev–Trinajstić information content (AvgIpc) is 2.38. The fraction of sp³-hybridized carbons (Fsp3) is 0.588. The van der Waals surface area contributed by atoms with Gasteiger partial charge in [0.15, 0.2) is 5.78 Å². The highest BCUT2D eigenvalue weighted by molar-refractivity contribution is 5.94. The van der Waals surface area contributed by atoms with Crippen molar-refractivity contribution in [2.75, 3.05) is 11.4 Å². The largest absolute Gasteiger partial charge is 0.368 e. The summed E-state index contributed by atoms with van der Waals surface area (Å²) in [5.41, 5.74) is 2.02. The molecule has 0 aromatic heterocycles. The van der Waals surface area contributed by atoms with Gasteiger partial charge in [0.1, 0.15) is 0 Å². The molecule has 106 valence electrons. The van der Waals surface area contributed by atoms with E-state index >= 15 is 0 Å². The molecular formula is C17H27NO. The molecule has 0 bridgehead atoms. The molecular weight excluding hydrogens is 234 g/mol. The van der Waals surface area contributed by atoms with E-state index in [9.17, 15) is 4.79 Å². The molecule has 0 unspecified atom stereocenters. The Morgan fingerprint density at radius 1 is 1.11 bits per heavy atom. The lowest BCUT2D eigenvalue weighted by Gasteiger charge is -2.34. The Bertz CT molecular complexity index is 390. The van der Waals surface area contributed by atoms with Crippen molar-refractivity contribution in [3.63, 3.8) is 0 Å². The highest BCUT2D eigenvalue weighted by Gasteiger charge is 2.17. The quantitative estimate of drug-likeness (QED) is 0.672. The second kappa shape index (κ2) is 7.32. The molecule has 0 saturated carbocycles. The third-order valence-corrected chi connectivity index (χ3v) is 3.55. The summed E-state index contributed by atoms with van der Waals surface area (Å²) in [4.78, 5) is 13.8. The summed E-state index contributed by atoms with van der Waals surface area (Å²) >= 11 is 0. The first-order valence-electron chi connectivity index (χ1n) is 7.37. The van der Waals surface area contributed by atoms with Crippen LogP contribution in [0.5, 0.6) is 0 Å². The first-order chi connectivity index (χ1) is 8.99. The van der Waals surface area contributed by atoms with E-state index in [1.54, 1.807) is 6.92 Å². The SMILES string of the molecule is CCC(CC)N(CC(C)C)c1ccc(C(C)=O)cc1. The highest BCUT2D eigenvalue weighted by Crippen LogP contribution is 2.22. The van der Waals surface area contributed by atoms with Crippen LogP contribution < -0.4 is 4.90 Å². The van der Waals surface area contributed by atoms with Crippen molar-refractivity contribution in [1.29, 1.82) is 0 Å². The molecule has 1 aromatic rings. The van der Waals surface area contributed by atoms with Crippen LogP contribution in [0, 0.1) is 5.92 Å². The Balaban J connectivity index is 2.99. The summed E-state index contributed by atoms with van der Waals surface area (Å²) in [6.45, 7) is 11.7. The summed E-state index contributed by atoms with van der Waals surface area (Å²) in [6, 6.07) is 8.61. The summed E-state index contributed by atoms with van der Waals surface area (Å²) in [5.74, 6) is 0.762. The van der Waals surface area contributed by atoms with Gasteiger partial charge in [-0.15, -0.1) is 0 Å². The third-order valence-electron chi connectivity index (χ3n) is 3.55. The van der Waals surface area contributed by atoms with E-state index in [4.69, 9.17) is 0 Å². The first-order valence-corrected chi connectivity index (χ1v) is 7.37. The maximum absolute atomic E-state index is 11.3. The number of Topliss-reactive ketones (excluding diaryl/α,β-unsaturated/α-hetero) is 1. The van der Waals surface area contributed by atoms with Gasteiger partial charge in [-0.05, 0) is 49.9 Å². The van der Waals surface area contributed by atoms with Crippen molar-refractivity contribution in [3.05, 3.63) is 29.8 Å². The molecule has 0 atom stereocenters. The molecule has 19 heavy (non-hydrogen) atoms. The van der Waals surface area contributed by atoms with Gasteiger partial charge in [0.2, 0.25) is 0 Å². The topological polar surface area (TPSA) is 20.3 Å². The monoisotopic (exact) mass is 261 g/mol. The standard InChI is InChI=1S/C17H27NO/c1-6-16(7-2)18(12-13(3)4)17-10-8-15(9-11-17)14(5)19/h8-11,13,16H,6-7,12H2,1-5H3. The minimum atomic E-state index is 0.129. The van der Waals surface area contributed by atoms with Crippen LogP contribution in [0.15, 0.2) is 24.3 Å². The number of carbonyl (C=O) groups excluding carboxylic acids is 1. The van der Waals surface area contributed by atoms with Crippen LogP contribution in [0.3, 0.4) is 0 Å². The van der Waals surface area contributed by atoms with E-state index in [0.29, 0.717) is 12.0 Å². The third kappa shape index (κ3) is 4.38. The summed E-state index contributed by atoms with van der Waals surface area (Å²) in [6.07, 6.45) is 2.30. The molecule has 2 heteroatoms. The fourth-order valence-electron chi connectivity index (χ4n) is 2.48. The van der Waals surface area contributed by atoms with E-state index < -0.39 is 0 Å².